The molecule has 1 rings (SSSR count). The summed E-state index contributed by atoms with van der Waals surface area (Å²) in [5.74, 6) is -0.586. The molecule has 116 valence electrons. The van der Waals surface area contributed by atoms with Crippen LogP contribution < -0.4 is 19.9 Å². The normalized spacial score (nSPS) is 11.8. The van der Waals surface area contributed by atoms with Crippen molar-refractivity contribution in [2.75, 3.05) is 13.7 Å². The van der Waals surface area contributed by atoms with Gasteiger partial charge in [0.2, 0.25) is 0 Å². The summed E-state index contributed by atoms with van der Waals surface area (Å²) in [7, 11) is 1.53. The lowest BCUT2D eigenvalue weighted by Gasteiger charge is -2.21. The van der Waals surface area contributed by atoms with Gasteiger partial charge in [0.1, 0.15) is 11.5 Å². The maximum absolute atomic E-state index is 11.7. The third-order valence-corrected chi connectivity index (χ3v) is 2.74. The van der Waals surface area contributed by atoms with E-state index in [1.165, 1.54) is 7.11 Å². The molecular formula is C15H20NO5-. The highest BCUT2D eigenvalue weighted by Crippen LogP contribution is 2.18. The average Bonchev–Trinajstić information content (AvgIpc) is 2.44. The second kappa shape index (κ2) is 8.14. The van der Waals surface area contributed by atoms with Gasteiger partial charge in [-0.15, -0.1) is 0 Å². The Kier molecular flexibility index (Phi) is 6.52. The van der Waals surface area contributed by atoms with Crippen molar-refractivity contribution in [3.8, 4) is 11.5 Å². The number of ether oxygens (including phenoxy) is 2. The van der Waals surface area contributed by atoms with Crippen LogP contribution in [0.3, 0.4) is 0 Å². The van der Waals surface area contributed by atoms with E-state index in [4.69, 9.17) is 9.47 Å². The molecule has 0 radical (unpaired) electrons. The van der Waals surface area contributed by atoms with E-state index in [2.05, 4.69) is 5.32 Å². The Bertz CT molecular complexity index is 487. The van der Waals surface area contributed by atoms with E-state index in [0.717, 1.165) is 0 Å². The standard InChI is InChI=1S/C15H21NO5/c1-10(2)7-13(15(18)19)16-14(17)9-21-12-6-4-5-11(8-12)20-3/h4-6,8,10,13H,7,9H2,1-3H3,(H,16,17)(H,18,19)/p-1/t13-/m0/s1. The van der Waals surface area contributed by atoms with E-state index in [-0.39, 0.29) is 12.5 Å². The summed E-state index contributed by atoms with van der Waals surface area (Å²) < 4.78 is 10.3. The molecule has 6 heteroatoms. The minimum atomic E-state index is -1.29. The SMILES string of the molecule is COc1cccc(OCC(=O)N[C@@H](CC(C)C)C(=O)[O-])c1. The van der Waals surface area contributed by atoms with Crippen molar-refractivity contribution in [2.45, 2.75) is 26.3 Å². The van der Waals surface area contributed by atoms with E-state index in [9.17, 15) is 14.7 Å². The van der Waals surface area contributed by atoms with Crippen LogP contribution in [0.5, 0.6) is 11.5 Å². The number of aliphatic carboxylic acids is 1. The molecule has 0 saturated heterocycles. The Morgan fingerprint density at radius 3 is 2.52 bits per heavy atom. The Morgan fingerprint density at radius 1 is 1.29 bits per heavy atom. The number of carboxylic acid groups (broad SMARTS) is 1. The van der Waals surface area contributed by atoms with Gasteiger partial charge in [-0.3, -0.25) is 4.79 Å². The molecule has 0 aliphatic carbocycles. The van der Waals surface area contributed by atoms with Crippen molar-refractivity contribution in [1.29, 1.82) is 0 Å². The van der Waals surface area contributed by atoms with Crippen molar-refractivity contribution in [1.82, 2.24) is 5.32 Å². The van der Waals surface area contributed by atoms with Crippen LogP contribution in [0.1, 0.15) is 20.3 Å². The molecule has 0 spiro atoms. The molecule has 0 aliphatic rings. The minimum Gasteiger partial charge on any atom is -0.548 e. The van der Waals surface area contributed by atoms with Crippen LogP contribution in [-0.2, 0) is 9.59 Å². The molecular weight excluding hydrogens is 274 g/mol. The van der Waals surface area contributed by atoms with Crippen molar-refractivity contribution >= 4 is 11.9 Å². The first-order chi connectivity index (χ1) is 9.92. The molecule has 6 nitrogen and oxygen atoms in total. The first-order valence-electron chi connectivity index (χ1n) is 6.69. The predicted molar refractivity (Wildman–Crippen MR) is 74.9 cm³/mol. The fourth-order valence-corrected chi connectivity index (χ4v) is 1.76. The van der Waals surface area contributed by atoms with Crippen LogP contribution in [0.15, 0.2) is 24.3 Å². The van der Waals surface area contributed by atoms with Crippen LogP contribution in [0.2, 0.25) is 0 Å². The van der Waals surface area contributed by atoms with Gasteiger partial charge >= 0.3 is 0 Å². The number of hydrogen-bond acceptors (Lipinski definition) is 5. The lowest BCUT2D eigenvalue weighted by Crippen LogP contribution is -2.49. The molecule has 1 aromatic rings. The molecule has 1 aromatic carbocycles. The zero-order valence-corrected chi connectivity index (χ0v) is 12.4. The molecule has 0 bridgehead atoms. The van der Waals surface area contributed by atoms with E-state index in [0.29, 0.717) is 17.9 Å². The summed E-state index contributed by atoms with van der Waals surface area (Å²) in [6, 6.07) is 5.79. The number of carbonyl (C=O) groups is 2. The lowest BCUT2D eigenvalue weighted by molar-refractivity contribution is -0.308. The number of carboxylic acids is 1. The Labute approximate surface area is 124 Å². The van der Waals surface area contributed by atoms with E-state index in [1.807, 2.05) is 13.8 Å². The Morgan fingerprint density at radius 2 is 1.95 bits per heavy atom. The number of carbonyl (C=O) groups excluding carboxylic acids is 2. The van der Waals surface area contributed by atoms with E-state index >= 15 is 0 Å². The second-order valence-electron chi connectivity index (χ2n) is 5.04. The molecule has 1 amide bonds. The molecule has 0 aliphatic heterocycles. The number of hydrogen-bond donors (Lipinski definition) is 1. The zero-order chi connectivity index (χ0) is 15.8. The van der Waals surface area contributed by atoms with Gasteiger partial charge in [-0.25, -0.2) is 0 Å². The van der Waals surface area contributed by atoms with Gasteiger partial charge < -0.3 is 24.7 Å². The van der Waals surface area contributed by atoms with E-state index < -0.39 is 17.9 Å². The van der Waals surface area contributed by atoms with E-state index in [1.54, 1.807) is 24.3 Å². The highest BCUT2D eigenvalue weighted by Gasteiger charge is 2.15. The first-order valence-corrected chi connectivity index (χ1v) is 6.69. The number of benzene rings is 1. The number of nitrogens with one attached hydrogen (secondary N) is 1. The van der Waals surface area contributed by atoms with Crippen LogP contribution in [-0.4, -0.2) is 31.6 Å². The van der Waals surface area contributed by atoms with Crippen LogP contribution >= 0.6 is 0 Å². The highest BCUT2D eigenvalue weighted by molar-refractivity contribution is 5.83. The Hall–Kier alpha value is -2.24. The smallest absolute Gasteiger partial charge is 0.258 e. The number of methoxy groups -OCH3 is 1. The summed E-state index contributed by atoms with van der Waals surface area (Å²) in [6.07, 6.45) is 0.313. The maximum atomic E-state index is 11.7. The first kappa shape index (κ1) is 16.8. The van der Waals surface area contributed by atoms with Gasteiger partial charge in [-0.2, -0.15) is 0 Å². The molecule has 0 saturated carbocycles. The molecule has 0 heterocycles. The monoisotopic (exact) mass is 294 g/mol. The summed E-state index contributed by atoms with van der Waals surface area (Å²) in [5, 5.41) is 13.3. The highest BCUT2D eigenvalue weighted by atomic mass is 16.5. The van der Waals surface area contributed by atoms with Gasteiger partial charge in [-0.05, 0) is 24.5 Å². The number of amides is 1. The fraction of sp³-hybridized carbons (Fsp3) is 0.467. The predicted octanol–water partition coefficient (Wildman–Crippen LogP) is 0.355. The molecule has 0 fully saturated rings. The van der Waals surface area contributed by atoms with Crippen molar-refractivity contribution in [2.24, 2.45) is 5.92 Å². The Balaban J connectivity index is 2.50. The quantitative estimate of drug-likeness (QED) is 0.747. The fourth-order valence-electron chi connectivity index (χ4n) is 1.76. The van der Waals surface area contributed by atoms with Crippen molar-refractivity contribution in [3.63, 3.8) is 0 Å². The van der Waals surface area contributed by atoms with Crippen LogP contribution in [0, 0.1) is 5.92 Å². The van der Waals surface area contributed by atoms with Gasteiger partial charge in [-0.1, -0.05) is 19.9 Å². The van der Waals surface area contributed by atoms with Gasteiger partial charge in [0, 0.05) is 6.07 Å². The molecule has 1 atom stereocenters. The summed E-state index contributed by atoms with van der Waals surface area (Å²) >= 11 is 0. The third-order valence-electron chi connectivity index (χ3n) is 2.74. The van der Waals surface area contributed by atoms with Crippen molar-refractivity contribution in [3.05, 3.63) is 24.3 Å². The minimum absolute atomic E-state index is 0.132. The lowest BCUT2D eigenvalue weighted by atomic mass is 10.0. The molecule has 21 heavy (non-hydrogen) atoms. The van der Waals surface area contributed by atoms with Crippen LogP contribution in [0.4, 0.5) is 0 Å². The summed E-state index contributed by atoms with van der Waals surface area (Å²) in [6.45, 7) is 3.47. The molecule has 1 N–H and O–H groups in total. The van der Waals surface area contributed by atoms with Crippen LogP contribution in [0.25, 0.3) is 0 Å². The topological polar surface area (TPSA) is 87.7 Å². The molecule has 0 unspecified atom stereocenters. The van der Waals surface area contributed by atoms with Gasteiger partial charge in [0.05, 0.1) is 19.1 Å². The maximum Gasteiger partial charge on any atom is 0.258 e. The molecule has 0 aromatic heterocycles. The zero-order valence-electron chi connectivity index (χ0n) is 12.4. The van der Waals surface area contributed by atoms with Gasteiger partial charge in [0.25, 0.3) is 5.91 Å². The third kappa shape index (κ3) is 6.16. The average molecular weight is 294 g/mol. The summed E-state index contributed by atoms with van der Waals surface area (Å²) in [4.78, 5) is 22.7. The largest absolute Gasteiger partial charge is 0.548 e. The summed E-state index contributed by atoms with van der Waals surface area (Å²) in [5.41, 5.74) is 0. The van der Waals surface area contributed by atoms with Gasteiger partial charge in [0.15, 0.2) is 6.61 Å². The number of rotatable bonds is 8. The van der Waals surface area contributed by atoms with Crippen molar-refractivity contribution < 1.29 is 24.2 Å². The second-order valence-corrected chi connectivity index (χ2v) is 5.04.